The molecule has 1 aromatic rings. The maximum atomic E-state index is 10.7. The van der Waals surface area contributed by atoms with Crippen LogP contribution in [0.2, 0.25) is 0 Å². The number of rotatable bonds is 3. The molecule has 0 N–H and O–H groups in total. The summed E-state index contributed by atoms with van der Waals surface area (Å²) in [7, 11) is 3.48. The van der Waals surface area contributed by atoms with Gasteiger partial charge in [-0.3, -0.25) is 4.68 Å². The highest BCUT2D eigenvalue weighted by Crippen LogP contribution is 2.08. The minimum Gasteiger partial charge on any atom is -0.272 e. The third-order valence-corrected chi connectivity index (χ3v) is 3.01. The summed E-state index contributed by atoms with van der Waals surface area (Å²) in [5.41, 5.74) is 1.90. The molecule has 13 heavy (non-hydrogen) atoms. The second kappa shape index (κ2) is 3.67. The van der Waals surface area contributed by atoms with Crippen molar-refractivity contribution in [2.45, 2.75) is 13.3 Å². The van der Waals surface area contributed by atoms with Gasteiger partial charge in [-0.15, -0.1) is 0 Å². The van der Waals surface area contributed by atoms with Crippen molar-refractivity contribution in [3.05, 3.63) is 17.5 Å². The van der Waals surface area contributed by atoms with E-state index < -0.39 is 9.05 Å². The first-order valence-corrected chi connectivity index (χ1v) is 6.28. The lowest BCUT2D eigenvalue weighted by Crippen LogP contribution is -2.06. The molecule has 1 heterocycles. The fraction of sp³-hybridized carbons (Fsp3) is 0.571. The molecule has 0 aromatic carbocycles. The maximum absolute atomic E-state index is 10.7. The summed E-state index contributed by atoms with van der Waals surface area (Å²) in [6.07, 6.45) is 2.12. The highest BCUT2D eigenvalue weighted by Gasteiger charge is 2.10. The second-order valence-electron chi connectivity index (χ2n) is 2.89. The Labute approximate surface area is 81.9 Å². The van der Waals surface area contributed by atoms with Crippen LogP contribution < -0.4 is 0 Å². The van der Waals surface area contributed by atoms with Crippen molar-refractivity contribution in [3.63, 3.8) is 0 Å². The molecule has 6 heteroatoms. The molecule has 0 radical (unpaired) electrons. The monoisotopic (exact) mass is 222 g/mol. The number of halogens is 1. The number of hydrogen-bond donors (Lipinski definition) is 0. The van der Waals surface area contributed by atoms with Crippen LogP contribution in [0.4, 0.5) is 0 Å². The minimum absolute atomic E-state index is 0.0467. The molecular formula is C7H11ClN2O2S. The molecule has 0 saturated carbocycles. The molecule has 0 aliphatic heterocycles. The van der Waals surface area contributed by atoms with Gasteiger partial charge in [-0.1, -0.05) is 0 Å². The molecule has 0 aliphatic carbocycles. The van der Waals surface area contributed by atoms with Crippen molar-refractivity contribution in [2.24, 2.45) is 7.05 Å². The highest BCUT2D eigenvalue weighted by molar-refractivity contribution is 8.13. The second-order valence-corrected chi connectivity index (χ2v) is 5.79. The van der Waals surface area contributed by atoms with Crippen LogP contribution in [0, 0.1) is 6.92 Å². The molecule has 4 nitrogen and oxygen atoms in total. The fourth-order valence-corrected chi connectivity index (χ4v) is 1.82. The topological polar surface area (TPSA) is 52.0 Å². The molecule has 0 aliphatic rings. The van der Waals surface area contributed by atoms with Crippen molar-refractivity contribution in [2.75, 3.05) is 5.75 Å². The van der Waals surface area contributed by atoms with E-state index in [0.29, 0.717) is 6.42 Å². The van der Waals surface area contributed by atoms with Gasteiger partial charge in [-0.25, -0.2) is 8.42 Å². The van der Waals surface area contributed by atoms with Crippen LogP contribution in [0.3, 0.4) is 0 Å². The van der Waals surface area contributed by atoms with E-state index in [2.05, 4.69) is 5.10 Å². The Kier molecular flexibility index (Phi) is 2.98. The maximum Gasteiger partial charge on any atom is 0.232 e. The lowest BCUT2D eigenvalue weighted by molar-refractivity contribution is 0.607. The number of aromatic nitrogens is 2. The van der Waals surface area contributed by atoms with E-state index in [4.69, 9.17) is 10.7 Å². The van der Waals surface area contributed by atoms with Crippen LogP contribution >= 0.6 is 10.7 Å². The molecule has 0 unspecified atom stereocenters. The van der Waals surface area contributed by atoms with Gasteiger partial charge >= 0.3 is 0 Å². The van der Waals surface area contributed by atoms with Crippen LogP contribution in [0.25, 0.3) is 0 Å². The van der Waals surface area contributed by atoms with Crippen LogP contribution in [-0.2, 0) is 22.5 Å². The Hall–Kier alpha value is -0.550. The molecule has 74 valence electrons. The van der Waals surface area contributed by atoms with E-state index in [1.54, 1.807) is 17.9 Å². The Bertz CT molecular complexity index is 377. The predicted octanol–water partition coefficient (Wildman–Crippen LogP) is 0.840. The van der Waals surface area contributed by atoms with E-state index >= 15 is 0 Å². The average molecular weight is 223 g/mol. The van der Waals surface area contributed by atoms with Gasteiger partial charge in [0.1, 0.15) is 0 Å². The minimum atomic E-state index is -3.40. The van der Waals surface area contributed by atoms with Gasteiger partial charge in [0.05, 0.1) is 11.9 Å². The summed E-state index contributed by atoms with van der Waals surface area (Å²) >= 11 is 0. The predicted molar refractivity (Wildman–Crippen MR) is 51.3 cm³/mol. The van der Waals surface area contributed by atoms with Crippen molar-refractivity contribution in [1.82, 2.24) is 9.78 Å². The largest absolute Gasteiger partial charge is 0.272 e. The summed E-state index contributed by atoms with van der Waals surface area (Å²) in [4.78, 5) is 0. The molecule has 0 amide bonds. The molecule has 1 aromatic heterocycles. The number of nitrogens with zero attached hydrogens (tertiary/aromatic N) is 2. The van der Waals surface area contributed by atoms with Crippen molar-refractivity contribution in [3.8, 4) is 0 Å². The number of aryl methyl sites for hydroxylation is 2. The summed E-state index contributed by atoms with van der Waals surface area (Å²) in [5, 5.41) is 4.00. The van der Waals surface area contributed by atoms with E-state index in [1.807, 2.05) is 6.92 Å². The van der Waals surface area contributed by atoms with Gasteiger partial charge in [0.25, 0.3) is 0 Å². The molecule has 0 saturated heterocycles. The molecule has 0 fully saturated rings. The fourth-order valence-electron chi connectivity index (χ4n) is 1.15. The lowest BCUT2D eigenvalue weighted by Gasteiger charge is -2.01. The zero-order chi connectivity index (χ0) is 10.1. The zero-order valence-electron chi connectivity index (χ0n) is 7.49. The van der Waals surface area contributed by atoms with Gasteiger partial charge in [-0.05, 0) is 12.5 Å². The Balaban J connectivity index is 2.75. The van der Waals surface area contributed by atoms with E-state index in [9.17, 15) is 8.42 Å². The average Bonchev–Trinajstić information content (AvgIpc) is 2.27. The molecule has 0 spiro atoms. The van der Waals surface area contributed by atoms with E-state index in [-0.39, 0.29) is 5.75 Å². The van der Waals surface area contributed by atoms with Crippen molar-refractivity contribution < 1.29 is 8.42 Å². The first-order valence-electron chi connectivity index (χ1n) is 3.80. The van der Waals surface area contributed by atoms with Crippen LogP contribution in [0.5, 0.6) is 0 Å². The quantitative estimate of drug-likeness (QED) is 0.713. The zero-order valence-corrected chi connectivity index (χ0v) is 9.06. The number of hydrogen-bond acceptors (Lipinski definition) is 3. The van der Waals surface area contributed by atoms with Crippen LogP contribution in [-0.4, -0.2) is 24.0 Å². The SMILES string of the molecule is Cc1cnn(C)c1CCS(=O)(=O)Cl. The van der Waals surface area contributed by atoms with E-state index in [1.165, 1.54) is 0 Å². The summed E-state index contributed by atoms with van der Waals surface area (Å²) in [5.74, 6) is -0.0467. The first kappa shape index (κ1) is 10.5. The van der Waals surface area contributed by atoms with Gasteiger partial charge in [0.2, 0.25) is 9.05 Å². The lowest BCUT2D eigenvalue weighted by atomic mass is 10.2. The standard InChI is InChI=1S/C7H11ClN2O2S/c1-6-5-9-10(2)7(6)3-4-13(8,11)12/h5H,3-4H2,1-2H3. The molecule has 0 bridgehead atoms. The normalized spacial score (nSPS) is 11.9. The van der Waals surface area contributed by atoms with Crippen molar-refractivity contribution in [1.29, 1.82) is 0 Å². The van der Waals surface area contributed by atoms with Crippen LogP contribution in [0.15, 0.2) is 6.20 Å². The molecule has 1 rings (SSSR count). The van der Waals surface area contributed by atoms with Crippen LogP contribution in [0.1, 0.15) is 11.3 Å². The summed E-state index contributed by atoms with van der Waals surface area (Å²) in [6, 6.07) is 0. The van der Waals surface area contributed by atoms with Gasteiger partial charge in [-0.2, -0.15) is 5.10 Å². The summed E-state index contributed by atoms with van der Waals surface area (Å²) in [6.45, 7) is 1.89. The Morgan fingerprint density at radius 2 is 2.23 bits per heavy atom. The van der Waals surface area contributed by atoms with Gasteiger partial charge in [0.15, 0.2) is 0 Å². The van der Waals surface area contributed by atoms with Crippen molar-refractivity contribution >= 4 is 19.7 Å². The summed E-state index contributed by atoms with van der Waals surface area (Å²) < 4.78 is 23.0. The molecular weight excluding hydrogens is 212 g/mol. The Morgan fingerprint density at radius 1 is 1.62 bits per heavy atom. The van der Waals surface area contributed by atoms with E-state index in [0.717, 1.165) is 11.3 Å². The third kappa shape index (κ3) is 3.00. The highest BCUT2D eigenvalue weighted by atomic mass is 35.7. The Morgan fingerprint density at radius 3 is 2.62 bits per heavy atom. The smallest absolute Gasteiger partial charge is 0.232 e. The van der Waals surface area contributed by atoms with Gasteiger partial charge in [0, 0.05) is 29.8 Å². The molecule has 0 atom stereocenters. The van der Waals surface area contributed by atoms with Gasteiger partial charge < -0.3 is 0 Å². The third-order valence-electron chi connectivity index (χ3n) is 1.85. The first-order chi connectivity index (χ1) is 5.90.